The minimum Gasteiger partial charge on any atom is -0.342 e. The van der Waals surface area contributed by atoms with Crippen molar-refractivity contribution in [3.63, 3.8) is 0 Å². The molecule has 1 aromatic rings. The highest BCUT2D eigenvalue weighted by molar-refractivity contribution is 7.89. The molecule has 7 nitrogen and oxygen atoms in total. The molecule has 164 valence electrons. The number of rotatable bonds is 3. The van der Waals surface area contributed by atoms with Crippen molar-refractivity contribution in [3.05, 3.63) is 23.8 Å². The van der Waals surface area contributed by atoms with E-state index in [4.69, 9.17) is 0 Å². The lowest BCUT2D eigenvalue weighted by molar-refractivity contribution is -0.138. The van der Waals surface area contributed by atoms with E-state index in [1.807, 2.05) is 4.90 Å². The lowest BCUT2D eigenvalue weighted by atomic mass is 9.93. The van der Waals surface area contributed by atoms with Crippen LogP contribution in [0.3, 0.4) is 0 Å². The van der Waals surface area contributed by atoms with Gasteiger partial charge in [0.2, 0.25) is 21.8 Å². The van der Waals surface area contributed by atoms with E-state index in [0.29, 0.717) is 56.8 Å². The molecule has 3 aliphatic rings. The van der Waals surface area contributed by atoms with Gasteiger partial charge in [0.05, 0.1) is 4.90 Å². The number of amides is 2. The zero-order chi connectivity index (χ0) is 21.3. The number of fused-ring (bicyclic) bond motifs is 1. The second-order valence-corrected chi connectivity index (χ2v) is 10.9. The zero-order valence-corrected chi connectivity index (χ0v) is 18.4. The predicted molar refractivity (Wildman–Crippen MR) is 114 cm³/mol. The maximum absolute atomic E-state index is 13.2. The third-order valence-corrected chi connectivity index (χ3v) is 8.51. The number of carbonyl (C=O) groups is 2. The van der Waals surface area contributed by atoms with E-state index in [-0.39, 0.29) is 22.6 Å². The third kappa shape index (κ3) is 4.39. The molecule has 0 spiro atoms. The minimum atomic E-state index is -3.61. The van der Waals surface area contributed by atoms with Crippen LogP contribution in [0.25, 0.3) is 0 Å². The number of nitrogens with one attached hydrogen (secondary N) is 1. The number of likely N-dealkylation sites (tertiary alicyclic amines) is 1. The third-order valence-electron chi connectivity index (χ3n) is 6.61. The van der Waals surface area contributed by atoms with Gasteiger partial charge in [0.15, 0.2) is 0 Å². The maximum Gasteiger partial charge on any atom is 0.243 e. The maximum atomic E-state index is 13.2. The Morgan fingerprint density at radius 2 is 1.83 bits per heavy atom. The summed E-state index contributed by atoms with van der Waals surface area (Å²) in [6.45, 7) is 4.57. The summed E-state index contributed by atoms with van der Waals surface area (Å²) in [6.07, 6.45) is 5.22. The monoisotopic (exact) mass is 433 g/mol. The van der Waals surface area contributed by atoms with Gasteiger partial charge in [-0.15, -0.1) is 0 Å². The SMILES string of the molecule is CC1CCCN(C(=O)C2CCN(S(=O)(=O)c3ccc4c(c3)CCCC(=O)N4)CC2)C1. The molecule has 0 bridgehead atoms. The number of aryl methyl sites for hydroxylation is 1. The summed E-state index contributed by atoms with van der Waals surface area (Å²) in [5, 5.41) is 2.84. The first kappa shape index (κ1) is 21.3. The van der Waals surface area contributed by atoms with Crippen LogP contribution in [0.15, 0.2) is 23.1 Å². The molecular weight excluding hydrogens is 402 g/mol. The lowest BCUT2D eigenvalue weighted by Gasteiger charge is -2.36. The fourth-order valence-corrected chi connectivity index (χ4v) is 6.37. The summed E-state index contributed by atoms with van der Waals surface area (Å²) in [6, 6.07) is 4.97. The number of nitrogens with zero attached hydrogens (tertiary/aromatic N) is 2. The highest BCUT2D eigenvalue weighted by Gasteiger charge is 2.35. The molecule has 1 unspecified atom stereocenters. The zero-order valence-electron chi connectivity index (χ0n) is 17.6. The molecule has 2 amide bonds. The normalized spacial score (nSPS) is 24.1. The first-order valence-corrected chi connectivity index (χ1v) is 12.5. The van der Waals surface area contributed by atoms with Crippen molar-refractivity contribution in [3.8, 4) is 0 Å². The molecule has 3 heterocycles. The molecule has 2 fully saturated rings. The van der Waals surface area contributed by atoms with Crippen LogP contribution in [0.4, 0.5) is 5.69 Å². The van der Waals surface area contributed by atoms with Crippen molar-refractivity contribution in [2.45, 2.75) is 56.8 Å². The average Bonchev–Trinajstić information content (AvgIpc) is 2.93. The molecule has 4 rings (SSSR count). The van der Waals surface area contributed by atoms with E-state index >= 15 is 0 Å². The van der Waals surface area contributed by atoms with Gasteiger partial charge in [-0.3, -0.25) is 9.59 Å². The van der Waals surface area contributed by atoms with Crippen molar-refractivity contribution in [1.29, 1.82) is 0 Å². The van der Waals surface area contributed by atoms with Crippen LogP contribution < -0.4 is 5.32 Å². The first-order chi connectivity index (χ1) is 14.3. The Balaban J connectivity index is 1.42. The number of piperidine rings is 2. The van der Waals surface area contributed by atoms with Crippen LogP contribution in [-0.4, -0.2) is 55.6 Å². The van der Waals surface area contributed by atoms with Crippen LogP contribution in [0.2, 0.25) is 0 Å². The molecule has 0 aromatic heterocycles. The fourth-order valence-electron chi connectivity index (χ4n) is 4.85. The molecule has 0 saturated carbocycles. The van der Waals surface area contributed by atoms with Gasteiger partial charge in [0, 0.05) is 44.2 Å². The van der Waals surface area contributed by atoms with Gasteiger partial charge in [-0.2, -0.15) is 4.31 Å². The van der Waals surface area contributed by atoms with Crippen LogP contribution in [0, 0.1) is 11.8 Å². The Bertz CT molecular complexity index is 922. The van der Waals surface area contributed by atoms with Gasteiger partial charge < -0.3 is 10.2 Å². The molecule has 1 N–H and O–H groups in total. The number of anilines is 1. The molecular formula is C22H31N3O4S. The minimum absolute atomic E-state index is 0.0285. The molecule has 3 aliphatic heterocycles. The average molecular weight is 434 g/mol. The quantitative estimate of drug-likeness (QED) is 0.794. The molecule has 2 saturated heterocycles. The molecule has 8 heteroatoms. The Hall–Kier alpha value is -1.93. The Morgan fingerprint density at radius 1 is 1.07 bits per heavy atom. The van der Waals surface area contributed by atoms with E-state index in [9.17, 15) is 18.0 Å². The summed E-state index contributed by atoms with van der Waals surface area (Å²) >= 11 is 0. The van der Waals surface area contributed by atoms with Gasteiger partial charge in [-0.05, 0) is 68.2 Å². The Morgan fingerprint density at radius 3 is 2.57 bits per heavy atom. The number of benzene rings is 1. The number of carbonyl (C=O) groups excluding carboxylic acids is 2. The second kappa shape index (κ2) is 8.67. The summed E-state index contributed by atoms with van der Waals surface area (Å²) in [5.41, 5.74) is 1.57. The largest absolute Gasteiger partial charge is 0.342 e. The van der Waals surface area contributed by atoms with Crippen molar-refractivity contribution >= 4 is 27.5 Å². The fraction of sp³-hybridized carbons (Fsp3) is 0.636. The predicted octanol–water partition coefficient (Wildman–Crippen LogP) is 2.62. The Labute approximate surface area is 178 Å². The standard InChI is InChI=1S/C22H31N3O4S/c1-16-4-3-11-24(15-16)22(27)17-9-12-25(13-10-17)30(28,29)19-7-8-20-18(14-19)5-2-6-21(26)23-20/h7-8,14,16-17H,2-6,9-13,15H2,1H3,(H,23,26). The van der Waals surface area contributed by atoms with Gasteiger partial charge in [-0.25, -0.2) is 8.42 Å². The van der Waals surface area contributed by atoms with Crippen LogP contribution in [0.5, 0.6) is 0 Å². The van der Waals surface area contributed by atoms with Gasteiger partial charge in [0.25, 0.3) is 0 Å². The van der Waals surface area contributed by atoms with Crippen molar-refractivity contribution in [1.82, 2.24) is 9.21 Å². The van der Waals surface area contributed by atoms with Crippen LogP contribution in [0.1, 0.15) is 51.0 Å². The van der Waals surface area contributed by atoms with Gasteiger partial charge in [-0.1, -0.05) is 6.92 Å². The summed E-state index contributed by atoms with van der Waals surface area (Å²) in [5.74, 6) is 0.628. The smallest absolute Gasteiger partial charge is 0.243 e. The highest BCUT2D eigenvalue weighted by atomic mass is 32.2. The van der Waals surface area contributed by atoms with Crippen molar-refractivity contribution in [2.75, 3.05) is 31.5 Å². The second-order valence-electron chi connectivity index (χ2n) is 8.93. The van der Waals surface area contributed by atoms with Crippen molar-refractivity contribution < 1.29 is 18.0 Å². The van der Waals surface area contributed by atoms with Crippen LogP contribution >= 0.6 is 0 Å². The number of hydrogen-bond acceptors (Lipinski definition) is 4. The molecule has 0 radical (unpaired) electrons. The van der Waals surface area contributed by atoms with Crippen molar-refractivity contribution in [2.24, 2.45) is 11.8 Å². The van der Waals surface area contributed by atoms with Gasteiger partial charge >= 0.3 is 0 Å². The van der Waals surface area contributed by atoms with E-state index in [1.165, 1.54) is 10.7 Å². The summed E-state index contributed by atoms with van der Waals surface area (Å²) in [7, 11) is -3.61. The topological polar surface area (TPSA) is 86.8 Å². The van der Waals surface area contributed by atoms with E-state index in [2.05, 4.69) is 12.2 Å². The number of sulfonamides is 1. The lowest BCUT2D eigenvalue weighted by Crippen LogP contribution is -2.46. The Kier molecular flexibility index (Phi) is 6.16. The van der Waals surface area contributed by atoms with E-state index < -0.39 is 10.0 Å². The summed E-state index contributed by atoms with van der Waals surface area (Å²) in [4.78, 5) is 26.8. The molecule has 30 heavy (non-hydrogen) atoms. The molecule has 0 aliphatic carbocycles. The van der Waals surface area contributed by atoms with E-state index in [0.717, 1.165) is 25.1 Å². The van der Waals surface area contributed by atoms with Crippen LogP contribution in [-0.2, 0) is 26.0 Å². The van der Waals surface area contributed by atoms with Gasteiger partial charge in [0.1, 0.15) is 0 Å². The first-order valence-electron chi connectivity index (χ1n) is 11.1. The molecule has 1 aromatic carbocycles. The number of hydrogen-bond donors (Lipinski definition) is 1. The highest BCUT2D eigenvalue weighted by Crippen LogP contribution is 2.30. The summed E-state index contributed by atoms with van der Waals surface area (Å²) < 4.78 is 27.9. The molecule has 1 atom stereocenters. The van der Waals surface area contributed by atoms with E-state index in [1.54, 1.807) is 18.2 Å².